The monoisotopic (exact) mass is 534 g/mol. The number of anilines is 1. The van der Waals surface area contributed by atoms with Crippen molar-refractivity contribution in [3.63, 3.8) is 0 Å². The number of allylic oxidation sites excluding steroid dienone is 4. The summed E-state index contributed by atoms with van der Waals surface area (Å²) in [6.07, 6.45) is 7.92. The van der Waals surface area contributed by atoms with Crippen LogP contribution in [0.25, 0.3) is 0 Å². The summed E-state index contributed by atoms with van der Waals surface area (Å²) in [5.74, 6) is 0.734. The van der Waals surface area contributed by atoms with E-state index in [0.29, 0.717) is 55.5 Å². The van der Waals surface area contributed by atoms with Crippen LogP contribution in [-0.4, -0.2) is 61.9 Å². The summed E-state index contributed by atoms with van der Waals surface area (Å²) in [7, 11) is 0. The zero-order valence-corrected chi connectivity index (χ0v) is 22.2. The molecule has 2 aromatic carbocycles. The first-order valence-electron chi connectivity index (χ1n) is 13.1. The van der Waals surface area contributed by atoms with Crippen LogP contribution in [-0.2, 0) is 31.9 Å². The maximum Gasteiger partial charge on any atom is 0.335 e. The van der Waals surface area contributed by atoms with Gasteiger partial charge in [-0.2, -0.15) is 0 Å². The molecule has 0 bridgehead atoms. The van der Waals surface area contributed by atoms with Crippen molar-refractivity contribution in [3.8, 4) is 11.5 Å². The highest BCUT2D eigenvalue weighted by atomic mass is 16.6. The second kappa shape index (κ2) is 13.6. The van der Waals surface area contributed by atoms with Crippen LogP contribution in [0.5, 0.6) is 11.5 Å². The molecule has 0 spiro atoms. The maximum absolute atomic E-state index is 12.7. The molecule has 1 aliphatic carbocycles. The SMILES string of the molecule is CCOC(=O)C(Cc1ccc(OCCN2C(=O)COc3ccc(CC4C=CC=CC4=NO)cc32)cc1)OCC. The van der Waals surface area contributed by atoms with Crippen LogP contribution in [0.3, 0.4) is 0 Å². The first-order chi connectivity index (χ1) is 19.0. The van der Waals surface area contributed by atoms with Crippen LogP contribution in [0.15, 0.2) is 71.9 Å². The molecule has 0 aromatic heterocycles. The number of hydrogen-bond acceptors (Lipinski definition) is 8. The highest BCUT2D eigenvalue weighted by Gasteiger charge is 2.26. The van der Waals surface area contributed by atoms with Gasteiger partial charge in [-0.1, -0.05) is 41.6 Å². The lowest BCUT2D eigenvalue weighted by molar-refractivity contribution is -0.156. The minimum absolute atomic E-state index is 0.0278. The predicted molar refractivity (Wildman–Crippen MR) is 147 cm³/mol. The van der Waals surface area contributed by atoms with Gasteiger partial charge in [0.15, 0.2) is 12.7 Å². The molecule has 2 atom stereocenters. The van der Waals surface area contributed by atoms with E-state index in [1.165, 1.54) is 0 Å². The second-order valence-electron chi connectivity index (χ2n) is 9.11. The third kappa shape index (κ3) is 7.26. The summed E-state index contributed by atoms with van der Waals surface area (Å²) >= 11 is 0. The van der Waals surface area contributed by atoms with Crippen LogP contribution in [0.2, 0.25) is 0 Å². The first kappa shape index (κ1) is 27.9. The van der Waals surface area contributed by atoms with E-state index in [-0.39, 0.29) is 31.0 Å². The molecule has 2 aliphatic rings. The Morgan fingerprint density at radius 3 is 2.67 bits per heavy atom. The van der Waals surface area contributed by atoms with Crippen molar-refractivity contribution in [2.75, 3.05) is 37.9 Å². The van der Waals surface area contributed by atoms with E-state index >= 15 is 0 Å². The van der Waals surface area contributed by atoms with Crippen molar-refractivity contribution < 1.29 is 33.7 Å². The van der Waals surface area contributed by atoms with E-state index in [1.807, 2.05) is 67.6 Å². The van der Waals surface area contributed by atoms with Gasteiger partial charge in [-0.25, -0.2) is 4.79 Å². The van der Waals surface area contributed by atoms with E-state index in [2.05, 4.69) is 5.16 Å². The number of rotatable bonds is 12. The van der Waals surface area contributed by atoms with Crippen molar-refractivity contribution in [1.29, 1.82) is 0 Å². The summed E-state index contributed by atoms with van der Waals surface area (Å²) in [5, 5.41) is 12.7. The quantitative estimate of drug-likeness (QED) is 0.248. The third-order valence-electron chi connectivity index (χ3n) is 6.48. The Morgan fingerprint density at radius 1 is 1.13 bits per heavy atom. The zero-order chi connectivity index (χ0) is 27.6. The minimum Gasteiger partial charge on any atom is -0.492 e. The summed E-state index contributed by atoms with van der Waals surface area (Å²) < 4.78 is 22.2. The van der Waals surface area contributed by atoms with Gasteiger partial charge in [-0.05, 0) is 61.7 Å². The van der Waals surface area contributed by atoms with Crippen molar-refractivity contribution in [2.45, 2.75) is 32.8 Å². The lowest BCUT2D eigenvalue weighted by atomic mass is 9.91. The van der Waals surface area contributed by atoms with Crippen LogP contribution in [0.4, 0.5) is 5.69 Å². The molecule has 0 radical (unpaired) electrons. The van der Waals surface area contributed by atoms with Crippen LogP contribution in [0.1, 0.15) is 25.0 Å². The molecule has 9 heteroatoms. The average Bonchev–Trinajstić information content (AvgIpc) is 2.95. The molecule has 1 heterocycles. The van der Waals surface area contributed by atoms with Gasteiger partial charge < -0.3 is 29.1 Å². The molecule has 39 heavy (non-hydrogen) atoms. The second-order valence-corrected chi connectivity index (χ2v) is 9.11. The van der Waals surface area contributed by atoms with Gasteiger partial charge in [0, 0.05) is 18.9 Å². The number of oxime groups is 1. The van der Waals surface area contributed by atoms with Gasteiger partial charge in [0.1, 0.15) is 18.1 Å². The standard InChI is InChI=1S/C30H34N2O7/c1-3-36-28(30(34)37-4-2)19-21-9-12-24(13-10-21)38-16-15-32-26-18-22(11-14-27(26)39-20-29(32)33)17-23-7-5-6-8-25(23)31-35/h5-14,18,23,28,35H,3-4,15-17,19-20H2,1-2H3. The van der Waals surface area contributed by atoms with E-state index in [4.69, 9.17) is 18.9 Å². The molecule has 0 saturated carbocycles. The number of fused-ring (bicyclic) bond motifs is 1. The summed E-state index contributed by atoms with van der Waals surface area (Å²) in [5.41, 5.74) is 3.21. The maximum atomic E-state index is 12.7. The van der Waals surface area contributed by atoms with Gasteiger partial charge in [0.05, 0.1) is 24.6 Å². The number of ether oxygens (including phenoxy) is 4. The number of esters is 1. The van der Waals surface area contributed by atoms with Gasteiger partial charge in [0.25, 0.3) is 5.91 Å². The molecule has 1 aliphatic heterocycles. The van der Waals surface area contributed by atoms with Crippen molar-refractivity contribution >= 4 is 23.3 Å². The van der Waals surface area contributed by atoms with Gasteiger partial charge in [-0.15, -0.1) is 0 Å². The molecule has 1 N–H and O–H groups in total. The van der Waals surface area contributed by atoms with Crippen molar-refractivity contribution in [1.82, 2.24) is 0 Å². The highest BCUT2D eigenvalue weighted by Crippen LogP contribution is 2.34. The van der Waals surface area contributed by atoms with Gasteiger partial charge in [-0.3, -0.25) is 4.79 Å². The van der Waals surface area contributed by atoms with Crippen LogP contribution in [0, 0.1) is 5.92 Å². The van der Waals surface area contributed by atoms with Crippen LogP contribution < -0.4 is 14.4 Å². The molecule has 9 nitrogen and oxygen atoms in total. The molecule has 4 rings (SSSR count). The normalized spacial score (nSPS) is 18.0. The Labute approximate surface area is 228 Å². The number of amides is 1. The lowest BCUT2D eigenvalue weighted by Crippen LogP contribution is -2.41. The summed E-state index contributed by atoms with van der Waals surface area (Å²) in [6, 6.07) is 13.2. The Bertz CT molecular complexity index is 1240. The Hall–Kier alpha value is -4.11. The molecule has 206 valence electrons. The fraction of sp³-hybridized carbons (Fsp3) is 0.367. The summed E-state index contributed by atoms with van der Waals surface area (Å²) in [4.78, 5) is 26.5. The van der Waals surface area contributed by atoms with Crippen molar-refractivity contribution in [2.24, 2.45) is 11.1 Å². The molecule has 0 saturated heterocycles. The Morgan fingerprint density at radius 2 is 1.92 bits per heavy atom. The van der Waals surface area contributed by atoms with E-state index < -0.39 is 6.10 Å². The molecule has 1 amide bonds. The largest absolute Gasteiger partial charge is 0.492 e. The average molecular weight is 535 g/mol. The number of hydrogen-bond donors (Lipinski definition) is 1. The highest BCUT2D eigenvalue weighted by molar-refractivity contribution is 5.99. The molecule has 2 aromatic rings. The molecule has 2 unspecified atom stereocenters. The number of benzene rings is 2. The Balaban J connectivity index is 1.36. The smallest absolute Gasteiger partial charge is 0.335 e. The topological polar surface area (TPSA) is 107 Å². The number of carbonyl (C=O) groups is 2. The fourth-order valence-corrected chi connectivity index (χ4v) is 4.57. The van der Waals surface area contributed by atoms with E-state index in [0.717, 1.165) is 11.1 Å². The predicted octanol–water partition coefficient (Wildman–Crippen LogP) is 4.12. The van der Waals surface area contributed by atoms with Crippen LogP contribution >= 0.6 is 0 Å². The third-order valence-corrected chi connectivity index (χ3v) is 6.48. The fourth-order valence-electron chi connectivity index (χ4n) is 4.57. The minimum atomic E-state index is -0.646. The van der Waals surface area contributed by atoms with E-state index in [9.17, 15) is 14.8 Å². The molecular weight excluding hydrogens is 500 g/mol. The van der Waals surface area contributed by atoms with Gasteiger partial charge in [0.2, 0.25) is 0 Å². The lowest BCUT2D eigenvalue weighted by Gasteiger charge is -2.30. The van der Waals surface area contributed by atoms with E-state index in [1.54, 1.807) is 17.9 Å². The molecule has 0 fully saturated rings. The zero-order valence-electron chi connectivity index (χ0n) is 22.2. The molecular formula is C30H34N2O7. The van der Waals surface area contributed by atoms with Crippen molar-refractivity contribution in [3.05, 3.63) is 77.9 Å². The first-order valence-corrected chi connectivity index (χ1v) is 13.1. The number of nitrogens with zero attached hydrogens (tertiary/aromatic N) is 2. The number of carbonyl (C=O) groups excluding carboxylic acids is 2. The Kier molecular flexibility index (Phi) is 9.74. The summed E-state index contributed by atoms with van der Waals surface area (Å²) in [6.45, 7) is 4.95. The van der Waals surface area contributed by atoms with Gasteiger partial charge >= 0.3 is 5.97 Å².